The first-order chi connectivity index (χ1) is 8.80. The van der Waals surface area contributed by atoms with E-state index in [4.69, 9.17) is 5.73 Å². The molecule has 2 rings (SSSR count). The number of hydrogen-bond donors (Lipinski definition) is 1. The predicted molar refractivity (Wildman–Crippen MR) is 71.8 cm³/mol. The van der Waals surface area contributed by atoms with Crippen LogP contribution >= 0.6 is 0 Å². The Morgan fingerprint density at radius 1 is 1.47 bits per heavy atom. The van der Waals surface area contributed by atoms with Crippen LogP contribution in [0.15, 0.2) is 18.2 Å². The zero-order chi connectivity index (χ0) is 14.2. The highest BCUT2D eigenvalue weighted by molar-refractivity contribution is 5.95. The number of likely N-dealkylation sites (tertiary alicyclic amines) is 1. The van der Waals surface area contributed by atoms with E-state index in [1.54, 1.807) is 4.90 Å². The highest BCUT2D eigenvalue weighted by Gasteiger charge is 2.32. The molecule has 6 heteroatoms. The predicted octanol–water partition coefficient (Wildman–Crippen LogP) is 2.05. The summed E-state index contributed by atoms with van der Waals surface area (Å²) < 4.78 is 0. The standard InChI is InChI=1S/C13H17N3O3/c1-13(2)5-6-15(8-13)12(17)9-3-4-10(14)11(7-9)16(18)19/h3-4,7H,5-6,8,14H2,1-2H3. The monoisotopic (exact) mass is 263 g/mol. The van der Waals surface area contributed by atoms with Crippen molar-refractivity contribution >= 4 is 17.3 Å². The number of nitro groups is 1. The largest absolute Gasteiger partial charge is 0.393 e. The van der Waals surface area contributed by atoms with E-state index in [1.165, 1.54) is 18.2 Å². The van der Waals surface area contributed by atoms with Crippen LogP contribution in [-0.4, -0.2) is 28.8 Å². The second-order valence-electron chi connectivity index (χ2n) is 5.67. The zero-order valence-corrected chi connectivity index (χ0v) is 11.0. The maximum absolute atomic E-state index is 12.3. The Morgan fingerprint density at radius 3 is 2.68 bits per heavy atom. The van der Waals surface area contributed by atoms with Crippen molar-refractivity contribution < 1.29 is 9.72 Å². The van der Waals surface area contributed by atoms with Gasteiger partial charge in [-0.05, 0) is 24.0 Å². The van der Waals surface area contributed by atoms with Gasteiger partial charge in [0.2, 0.25) is 0 Å². The molecule has 1 amide bonds. The van der Waals surface area contributed by atoms with Gasteiger partial charge in [0.25, 0.3) is 11.6 Å². The van der Waals surface area contributed by atoms with E-state index in [0.717, 1.165) is 6.42 Å². The van der Waals surface area contributed by atoms with E-state index in [1.807, 2.05) is 0 Å². The first-order valence-electron chi connectivity index (χ1n) is 6.13. The second kappa shape index (κ2) is 4.53. The SMILES string of the molecule is CC1(C)CCN(C(=O)c2ccc(N)c([N+](=O)[O-])c2)C1. The molecule has 1 aromatic carbocycles. The van der Waals surface area contributed by atoms with Crippen molar-refractivity contribution in [3.8, 4) is 0 Å². The molecule has 1 aromatic rings. The number of benzene rings is 1. The molecule has 0 atom stereocenters. The number of nitro benzene ring substituents is 1. The second-order valence-corrected chi connectivity index (χ2v) is 5.67. The van der Waals surface area contributed by atoms with Gasteiger partial charge in [-0.15, -0.1) is 0 Å². The molecular formula is C13H17N3O3. The molecule has 102 valence electrons. The van der Waals surface area contributed by atoms with Crippen molar-refractivity contribution in [1.29, 1.82) is 0 Å². The quantitative estimate of drug-likeness (QED) is 0.502. The summed E-state index contributed by atoms with van der Waals surface area (Å²) in [6.07, 6.45) is 0.940. The molecule has 1 aliphatic heterocycles. The molecule has 0 bridgehead atoms. The smallest absolute Gasteiger partial charge is 0.292 e. The number of hydrogen-bond acceptors (Lipinski definition) is 4. The first-order valence-corrected chi connectivity index (χ1v) is 6.13. The van der Waals surface area contributed by atoms with E-state index in [0.29, 0.717) is 18.7 Å². The van der Waals surface area contributed by atoms with E-state index in [9.17, 15) is 14.9 Å². The molecule has 0 radical (unpaired) electrons. The minimum atomic E-state index is -0.569. The molecule has 0 spiro atoms. The minimum absolute atomic E-state index is 0.0725. The molecule has 1 heterocycles. The normalized spacial score (nSPS) is 17.5. The molecule has 0 saturated carbocycles. The molecule has 0 aromatic heterocycles. The molecule has 1 saturated heterocycles. The van der Waals surface area contributed by atoms with Crippen LogP contribution in [0.3, 0.4) is 0 Å². The van der Waals surface area contributed by atoms with Crippen LogP contribution in [0.5, 0.6) is 0 Å². The topological polar surface area (TPSA) is 89.5 Å². The lowest BCUT2D eigenvalue weighted by Gasteiger charge is -2.19. The summed E-state index contributed by atoms with van der Waals surface area (Å²) in [5.41, 5.74) is 5.80. The molecule has 6 nitrogen and oxygen atoms in total. The third kappa shape index (κ3) is 2.67. The molecular weight excluding hydrogens is 246 g/mol. The Hall–Kier alpha value is -2.11. The van der Waals surface area contributed by atoms with Gasteiger partial charge in [-0.1, -0.05) is 13.8 Å². The number of anilines is 1. The lowest BCUT2D eigenvalue weighted by atomic mass is 9.93. The van der Waals surface area contributed by atoms with E-state index in [2.05, 4.69) is 13.8 Å². The molecule has 1 fully saturated rings. The van der Waals surface area contributed by atoms with Crippen molar-refractivity contribution in [3.05, 3.63) is 33.9 Å². The van der Waals surface area contributed by atoms with Crippen molar-refractivity contribution in [3.63, 3.8) is 0 Å². The summed E-state index contributed by atoms with van der Waals surface area (Å²) in [5.74, 6) is -0.173. The third-order valence-corrected chi connectivity index (χ3v) is 3.44. The fourth-order valence-corrected chi connectivity index (χ4v) is 2.30. The number of nitrogens with zero attached hydrogens (tertiary/aromatic N) is 2. The van der Waals surface area contributed by atoms with Crippen LogP contribution in [0.4, 0.5) is 11.4 Å². The third-order valence-electron chi connectivity index (χ3n) is 3.44. The van der Waals surface area contributed by atoms with Crippen LogP contribution < -0.4 is 5.73 Å². The van der Waals surface area contributed by atoms with Gasteiger partial charge in [0.05, 0.1) is 4.92 Å². The number of carbonyl (C=O) groups is 1. The fraction of sp³-hybridized carbons (Fsp3) is 0.462. The van der Waals surface area contributed by atoms with Crippen LogP contribution in [0.2, 0.25) is 0 Å². The Bertz CT molecular complexity index is 540. The maximum Gasteiger partial charge on any atom is 0.292 e. The summed E-state index contributed by atoms with van der Waals surface area (Å²) in [4.78, 5) is 24.3. The van der Waals surface area contributed by atoms with Gasteiger partial charge in [-0.2, -0.15) is 0 Å². The number of nitrogens with two attached hydrogens (primary N) is 1. The average Bonchev–Trinajstić information content (AvgIpc) is 2.69. The van der Waals surface area contributed by atoms with Gasteiger partial charge >= 0.3 is 0 Å². The van der Waals surface area contributed by atoms with E-state index < -0.39 is 4.92 Å². The van der Waals surface area contributed by atoms with E-state index in [-0.39, 0.29) is 22.7 Å². The average molecular weight is 263 g/mol. The first kappa shape index (κ1) is 13.3. The van der Waals surface area contributed by atoms with E-state index >= 15 is 0 Å². The highest BCUT2D eigenvalue weighted by atomic mass is 16.6. The Kier molecular flexibility index (Phi) is 3.18. The van der Waals surface area contributed by atoms with Gasteiger partial charge in [-0.3, -0.25) is 14.9 Å². The van der Waals surface area contributed by atoms with Gasteiger partial charge < -0.3 is 10.6 Å². The molecule has 0 aliphatic carbocycles. The zero-order valence-electron chi connectivity index (χ0n) is 11.0. The maximum atomic E-state index is 12.3. The number of amides is 1. The minimum Gasteiger partial charge on any atom is -0.393 e. The molecule has 2 N–H and O–H groups in total. The van der Waals surface area contributed by atoms with Crippen molar-refractivity contribution in [2.45, 2.75) is 20.3 Å². The van der Waals surface area contributed by atoms with Gasteiger partial charge in [0.1, 0.15) is 5.69 Å². The highest BCUT2D eigenvalue weighted by Crippen LogP contribution is 2.30. The van der Waals surface area contributed by atoms with Crippen molar-refractivity contribution in [2.75, 3.05) is 18.8 Å². The van der Waals surface area contributed by atoms with Crippen LogP contribution in [0, 0.1) is 15.5 Å². The van der Waals surface area contributed by atoms with Gasteiger partial charge in [0, 0.05) is 24.7 Å². The van der Waals surface area contributed by atoms with Gasteiger partial charge in [0.15, 0.2) is 0 Å². The molecule has 1 aliphatic rings. The lowest BCUT2D eigenvalue weighted by molar-refractivity contribution is -0.383. The summed E-state index contributed by atoms with van der Waals surface area (Å²) in [6.45, 7) is 5.56. The number of rotatable bonds is 2. The Balaban J connectivity index is 2.25. The summed E-state index contributed by atoms with van der Waals surface area (Å²) in [5, 5.41) is 10.8. The van der Waals surface area contributed by atoms with Crippen LogP contribution in [0.1, 0.15) is 30.6 Å². The van der Waals surface area contributed by atoms with Crippen LogP contribution in [0.25, 0.3) is 0 Å². The molecule has 0 unspecified atom stereocenters. The lowest BCUT2D eigenvalue weighted by Crippen LogP contribution is -2.30. The Morgan fingerprint density at radius 2 is 2.16 bits per heavy atom. The van der Waals surface area contributed by atoms with Gasteiger partial charge in [-0.25, -0.2) is 0 Å². The fourth-order valence-electron chi connectivity index (χ4n) is 2.30. The number of carbonyl (C=O) groups excluding carboxylic acids is 1. The van der Waals surface area contributed by atoms with Crippen molar-refractivity contribution in [2.24, 2.45) is 5.41 Å². The summed E-state index contributed by atoms with van der Waals surface area (Å²) in [7, 11) is 0. The Labute approximate surface area is 111 Å². The summed E-state index contributed by atoms with van der Waals surface area (Å²) >= 11 is 0. The summed E-state index contributed by atoms with van der Waals surface area (Å²) in [6, 6.07) is 4.20. The van der Waals surface area contributed by atoms with Crippen LogP contribution in [-0.2, 0) is 0 Å². The molecule has 19 heavy (non-hydrogen) atoms. The number of nitrogen functional groups attached to an aromatic ring is 1. The van der Waals surface area contributed by atoms with Crippen molar-refractivity contribution in [1.82, 2.24) is 4.90 Å².